The maximum absolute atomic E-state index is 11.8. The summed E-state index contributed by atoms with van der Waals surface area (Å²) in [5.74, 6) is -0.242. The highest BCUT2D eigenvalue weighted by Gasteiger charge is 2.10. The van der Waals surface area contributed by atoms with Gasteiger partial charge in [0.2, 0.25) is 0 Å². The molecule has 0 bridgehead atoms. The second kappa shape index (κ2) is 8.43. The molecule has 1 aromatic carbocycles. The number of methoxy groups -OCH3 is 1. The van der Waals surface area contributed by atoms with Gasteiger partial charge in [0.25, 0.3) is 5.91 Å². The van der Waals surface area contributed by atoms with Crippen LogP contribution in [-0.4, -0.2) is 31.3 Å². The SMILES string of the molecule is COCCNC(=O)/C(C#N)=C/c1cc(I)c(O)c(I)c1. The fourth-order valence-electron chi connectivity index (χ4n) is 1.35. The molecular weight excluding hydrogens is 486 g/mol. The Morgan fingerprint density at radius 3 is 2.60 bits per heavy atom. The molecule has 0 saturated carbocycles. The Morgan fingerprint density at radius 2 is 2.10 bits per heavy atom. The van der Waals surface area contributed by atoms with Gasteiger partial charge in [0.05, 0.1) is 13.7 Å². The van der Waals surface area contributed by atoms with Gasteiger partial charge in [-0.3, -0.25) is 4.79 Å². The van der Waals surface area contributed by atoms with E-state index in [1.807, 2.05) is 51.3 Å². The zero-order chi connectivity index (χ0) is 15.1. The van der Waals surface area contributed by atoms with Crippen LogP contribution < -0.4 is 5.32 Å². The van der Waals surface area contributed by atoms with Crippen LogP contribution in [0.5, 0.6) is 5.75 Å². The predicted molar refractivity (Wildman–Crippen MR) is 92.0 cm³/mol. The number of rotatable bonds is 5. The van der Waals surface area contributed by atoms with E-state index in [-0.39, 0.29) is 11.3 Å². The van der Waals surface area contributed by atoms with E-state index in [0.29, 0.717) is 25.9 Å². The van der Waals surface area contributed by atoms with E-state index in [1.54, 1.807) is 12.1 Å². The number of aromatic hydroxyl groups is 1. The molecule has 0 aliphatic rings. The van der Waals surface area contributed by atoms with Crippen LogP contribution in [0.3, 0.4) is 0 Å². The van der Waals surface area contributed by atoms with E-state index in [4.69, 9.17) is 10.00 Å². The van der Waals surface area contributed by atoms with Gasteiger partial charge >= 0.3 is 0 Å². The molecule has 0 aromatic heterocycles. The van der Waals surface area contributed by atoms with Crippen molar-refractivity contribution in [2.24, 2.45) is 0 Å². The quantitative estimate of drug-likeness (QED) is 0.283. The number of benzene rings is 1. The van der Waals surface area contributed by atoms with Gasteiger partial charge in [-0.1, -0.05) is 0 Å². The average Bonchev–Trinajstić information content (AvgIpc) is 2.42. The van der Waals surface area contributed by atoms with Crippen molar-refractivity contribution >= 4 is 57.2 Å². The number of nitriles is 1. The zero-order valence-electron chi connectivity index (χ0n) is 10.6. The molecule has 0 unspecified atom stereocenters. The lowest BCUT2D eigenvalue weighted by atomic mass is 10.1. The van der Waals surface area contributed by atoms with Crippen molar-refractivity contribution < 1.29 is 14.6 Å². The van der Waals surface area contributed by atoms with Gasteiger partial charge in [-0.2, -0.15) is 5.26 Å². The Bertz CT molecular complexity index is 556. The summed E-state index contributed by atoms with van der Waals surface area (Å²) in [5, 5.41) is 21.3. The monoisotopic (exact) mass is 498 g/mol. The van der Waals surface area contributed by atoms with E-state index < -0.39 is 5.91 Å². The molecule has 20 heavy (non-hydrogen) atoms. The van der Waals surface area contributed by atoms with Gasteiger partial charge in [-0.25, -0.2) is 0 Å². The number of amides is 1. The van der Waals surface area contributed by atoms with Gasteiger partial charge in [-0.05, 0) is 69.0 Å². The van der Waals surface area contributed by atoms with Crippen LogP contribution in [0.4, 0.5) is 0 Å². The summed E-state index contributed by atoms with van der Waals surface area (Å²) in [5.41, 5.74) is 0.702. The van der Waals surface area contributed by atoms with Crippen LogP contribution in [0.15, 0.2) is 17.7 Å². The van der Waals surface area contributed by atoms with Gasteiger partial charge in [0.15, 0.2) is 0 Å². The van der Waals surface area contributed by atoms with Crippen molar-refractivity contribution in [1.82, 2.24) is 5.32 Å². The largest absolute Gasteiger partial charge is 0.506 e. The number of carbonyl (C=O) groups excluding carboxylic acids is 1. The van der Waals surface area contributed by atoms with Gasteiger partial charge in [0, 0.05) is 13.7 Å². The molecule has 0 saturated heterocycles. The van der Waals surface area contributed by atoms with Gasteiger partial charge in [-0.15, -0.1) is 0 Å². The third-order valence-electron chi connectivity index (χ3n) is 2.31. The Labute approximate surface area is 144 Å². The Kier molecular flexibility index (Phi) is 7.25. The van der Waals surface area contributed by atoms with Crippen molar-refractivity contribution in [2.75, 3.05) is 20.3 Å². The van der Waals surface area contributed by atoms with Crippen molar-refractivity contribution in [3.8, 4) is 11.8 Å². The number of nitrogens with zero attached hydrogens (tertiary/aromatic N) is 1. The van der Waals surface area contributed by atoms with E-state index in [0.717, 1.165) is 0 Å². The van der Waals surface area contributed by atoms with E-state index in [2.05, 4.69) is 5.32 Å². The van der Waals surface area contributed by atoms with Crippen LogP contribution in [0.1, 0.15) is 5.56 Å². The fourth-order valence-corrected chi connectivity index (χ4v) is 3.16. The summed E-state index contributed by atoms with van der Waals surface area (Å²) in [4.78, 5) is 11.8. The highest BCUT2D eigenvalue weighted by atomic mass is 127. The third kappa shape index (κ3) is 4.92. The first-order valence-electron chi connectivity index (χ1n) is 5.56. The molecule has 106 valence electrons. The number of carbonyl (C=O) groups is 1. The molecule has 0 aliphatic carbocycles. The standard InChI is InChI=1S/C13H12I2N2O3/c1-20-3-2-17-13(19)9(7-16)4-8-5-10(14)12(18)11(15)6-8/h4-6,18H,2-3H2,1H3,(H,17,19)/b9-4+. The van der Waals surface area contributed by atoms with E-state index in [1.165, 1.54) is 13.2 Å². The highest BCUT2D eigenvalue weighted by molar-refractivity contribution is 14.1. The number of phenolic OH excluding ortho intramolecular Hbond substituents is 1. The predicted octanol–water partition coefficient (Wildman–Crippen LogP) is 2.27. The summed E-state index contributed by atoms with van der Waals surface area (Å²) < 4.78 is 6.15. The molecule has 1 aromatic rings. The smallest absolute Gasteiger partial charge is 0.262 e. The normalized spacial score (nSPS) is 11.0. The van der Waals surface area contributed by atoms with E-state index in [9.17, 15) is 9.90 Å². The molecule has 5 nitrogen and oxygen atoms in total. The number of nitrogens with one attached hydrogen (secondary N) is 1. The second-order valence-electron chi connectivity index (χ2n) is 3.75. The number of ether oxygens (including phenoxy) is 1. The van der Waals surface area contributed by atoms with Gasteiger partial charge in [0.1, 0.15) is 17.4 Å². The molecule has 0 atom stereocenters. The lowest BCUT2D eigenvalue weighted by molar-refractivity contribution is -0.117. The first-order chi connectivity index (χ1) is 9.49. The molecule has 0 fully saturated rings. The molecule has 0 radical (unpaired) electrons. The number of hydrogen-bond donors (Lipinski definition) is 2. The maximum Gasteiger partial charge on any atom is 0.262 e. The van der Waals surface area contributed by atoms with E-state index >= 15 is 0 Å². The van der Waals surface area contributed by atoms with Crippen LogP contribution in [0.25, 0.3) is 6.08 Å². The number of phenols is 1. The molecule has 0 aliphatic heterocycles. The fraction of sp³-hybridized carbons (Fsp3) is 0.231. The summed E-state index contributed by atoms with van der Waals surface area (Å²) in [7, 11) is 1.54. The molecular formula is C13H12I2N2O3. The summed E-state index contributed by atoms with van der Waals surface area (Å²) in [6.45, 7) is 0.735. The Hall–Kier alpha value is -0.860. The Balaban J connectivity index is 2.95. The minimum Gasteiger partial charge on any atom is -0.506 e. The van der Waals surface area contributed by atoms with Crippen LogP contribution in [0.2, 0.25) is 0 Å². The van der Waals surface area contributed by atoms with Crippen molar-refractivity contribution in [3.05, 3.63) is 30.4 Å². The summed E-state index contributed by atoms with van der Waals surface area (Å²) in [6, 6.07) is 5.28. The Morgan fingerprint density at radius 1 is 1.50 bits per heavy atom. The minimum atomic E-state index is -0.442. The van der Waals surface area contributed by atoms with Crippen LogP contribution in [-0.2, 0) is 9.53 Å². The maximum atomic E-state index is 11.8. The second-order valence-corrected chi connectivity index (χ2v) is 6.08. The van der Waals surface area contributed by atoms with Crippen LogP contribution in [0, 0.1) is 18.5 Å². The molecule has 0 spiro atoms. The minimum absolute atomic E-state index is 0.0124. The van der Waals surface area contributed by atoms with Crippen LogP contribution >= 0.6 is 45.2 Å². The van der Waals surface area contributed by atoms with Crippen molar-refractivity contribution in [1.29, 1.82) is 5.26 Å². The molecule has 7 heteroatoms. The summed E-state index contributed by atoms with van der Waals surface area (Å²) >= 11 is 3.99. The summed E-state index contributed by atoms with van der Waals surface area (Å²) in [6.07, 6.45) is 1.49. The lowest BCUT2D eigenvalue weighted by Gasteiger charge is -2.05. The number of hydrogen-bond acceptors (Lipinski definition) is 4. The first-order valence-corrected chi connectivity index (χ1v) is 7.72. The zero-order valence-corrected chi connectivity index (χ0v) is 14.9. The third-order valence-corrected chi connectivity index (χ3v) is 3.95. The van der Waals surface area contributed by atoms with Crippen molar-refractivity contribution in [2.45, 2.75) is 0 Å². The molecule has 2 N–H and O–H groups in total. The van der Waals surface area contributed by atoms with Gasteiger partial charge < -0.3 is 15.2 Å². The first kappa shape index (κ1) is 17.2. The molecule has 1 rings (SSSR count). The average molecular weight is 498 g/mol. The molecule has 1 amide bonds. The highest BCUT2D eigenvalue weighted by Crippen LogP contribution is 2.28. The molecule has 0 heterocycles. The van der Waals surface area contributed by atoms with Crippen molar-refractivity contribution in [3.63, 3.8) is 0 Å². The number of halogens is 2. The topological polar surface area (TPSA) is 82.3 Å². The lowest BCUT2D eigenvalue weighted by Crippen LogP contribution is -2.27.